The van der Waals surface area contributed by atoms with E-state index >= 15 is 0 Å². The molecule has 0 atom stereocenters. The van der Waals surface area contributed by atoms with Crippen molar-refractivity contribution in [1.82, 2.24) is 9.62 Å². The molecular weight excluding hydrogens is 415 g/mol. The van der Waals surface area contributed by atoms with Crippen molar-refractivity contribution in [2.24, 2.45) is 0 Å². The van der Waals surface area contributed by atoms with Crippen molar-refractivity contribution in [2.75, 3.05) is 13.1 Å². The van der Waals surface area contributed by atoms with Crippen LogP contribution >= 0.6 is 34.5 Å². The van der Waals surface area contributed by atoms with Crippen LogP contribution in [0.4, 0.5) is 0 Å². The van der Waals surface area contributed by atoms with Crippen LogP contribution in [0, 0.1) is 0 Å². The molecule has 2 heterocycles. The molecule has 1 aliphatic rings. The molecule has 1 aromatic carbocycles. The zero-order valence-electron chi connectivity index (χ0n) is 13.9. The highest BCUT2D eigenvalue weighted by atomic mass is 35.5. The van der Waals surface area contributed by atoms with Crippen LogP contribution in [0.1, 0.15) is 34.5 Å². The van der Waals surface area contributed by atoms with Crippen LogP contribution in [0.3, 0.4) is 0 Å². The number of carbonyl (C=O) groups excluding carboxylic acids is 1. The van der Waals surface area contributed by atoms with Crippen LogP contribution < -0.4 is 5.32 Å². The van der Waals surface area contributed by atoms with Gasteiger partial charge in [-0.2, -0.15) is 4.31 Å². The average molecular weight is 433 g/mol. The van der Waals surface area contributed by atoms with Crippen LogP contribution in [0.25, 0.3) is 0 Å². The van der Waals surface area contributed by atoms with Gasteiger partial charge in [0.05, 0.1) is 16.6 Å². The van der Waals surface area contributed by atoms with Gasteiger partial charge in [-0.05, 0) is 43.2 Å². The van der Waals surface area contributed by atoms with Gasteiger partial charge in [0.1, 0.15) is 4.21 Å². The third kappa shape index (κ3) is 4.40. The number of amides is 1. The van der Waals surface area contributed by atoms with Gasteiger partial charge in [-0.25, -0.2) is 8.42 Å². The van der Waals surface area contributed by atoms with E-state index in [9.17, 15) is 13.2 Å². The van der Waals surface area contributed by atoms with Gasteiger partial charge < -0.3 is 5.32 Å². The Hall–Kier alpha value is -1.12. The summed E-state index contributed by atoms with van der Waals surface area (Å²) in [5, 5.41) is 3.46. The molecule has 1 aromatic heterocycles. The molecule has 3 rings (SSSR count). The summed E-state index contributed by atoms with van der Waals surface area (Å²) in [7, 11) is -3.44. The standard InChI is InChI=1S/C17H18Cl2N2O3S2/c18-14-6-4-12(10-15(14)19)17(22)20-11-13-5-7-16(25-13)26(23,24)21-8-2-1-3-9-21/h4-7,10H,1-3,8-9,11H2,(H,20,22). The second-order valence-corrected chi connectivity index (χ2v) is 10.1. The van der Waals surface area contributed by atoms with E-state index in [1.165, 1.54) is 17.4 Å². The summed E-state index contributed by atoms with van der Waals surface area (Å²) in [4.78, 5) is 13.0. The third-order valence-corrected chi connectivity index (χ3v) is 8.34. The molecule has 5 nitrogen and oxygen atoms in total. The lowest BCUT2D eigenvalue weighted by atomic mass is 10.2. The second-order valence-electron chi connectivity index (χ2n) is 6.00. The van der Waals surface area contributed by atoms with Crippen LogP contribution in [0.5, 0.6) is 0 Å². The Bertz CT molecular complexity index is 906. The normalized spacial score (nSPS) is 15.8. The molecule has 1 fully saturated rings. The van der Waals surface area contributed by atoms with E-state index in [0.29, 0.717) is 32.9 Å². The molecule has 0 saturated carbocycles. The Labute approximate surface area is 167 Å². The maximum absolute atomic E-state index is 12.7. The van der Waals surface area contributed by atoms with Crippen molar-refractivity contribution < 1.29 is 13.2 Å². The summed E-state index contributed by atoms with van der Waals surface area (Å²) in [6, 6.07) is 7.99. The lowest BCUT2D eigenvalue weighted by molar-refractivity contribution is 0.0951. The van der Waals surface area contributed by atoms with Crippen molar-refractivity contribution in [3.05, 3.63) is 50.8 Å². The molecule has 0 unspecified atom stereocenters. The topological polar surface area (TPSA) is 66.5 Å². The summed E-state index contributed by atoms with van der Waals surface area (Å²) in [6.45, 7) is 1.40. The number of rotatable bonds is 5. The van der Waals surface area contributed by atoms with Gasteiger partial charge in [0.15, 0.2) is 0 Å². The Morgan fingerprint density at radius 1 is 1.08 bits per heavy atom. The fraction of sp³-hybridized carbons (Fsp3) is 0.353. The largest absolute Gasteiger partial charge is 0.347 e. The van der Waals surface area contributed by atoms with E-state index in [4.69, 9.17) is 23.2 Å². The monoisotopic (exact) mass is 432 g/mol. The first-order valence-corrected chi connectivity index (χ1v) is 11.2. The van der Waals surface area contributed by atoms with E-state index in [2.05, 4.69) is 5.32 Å². The lowest BCUT2D eigenvalue weighted by Crippen LogP contribution is -2.35. The van der Waals surface area contributed by atoms with E-state index in [1.807, 2.05) is 0 Å². The SMILES string of the molecule is O=C(NCc1ccc(S(=O)(=O)N2CCCCC2)s1)c1ccc(Cl)c(Cl)c1. The zero-order chi connectivity index (χ0) is 18.7. The van der Waals surface area contributed by atoms with Crippen LogP contribution in [-0.4, -0.2) is 31.7 Å². The maximum Gasteiger partial charge on any atom is 0.252 e. The van der Waals surface area contributed by atoms with E-state index in [1.54, 1.807) is 28.6 Å². The molecule has 9 heteroatoms. The minimum absolute atomic E-state index is 0.249. The van der Waals surface area contributed by atoms with Gasteiger partial charge in [0.25, 0.3) is 15.9 Å². The predicted molar refractivity (Wildman–Crippen MR) is 105 cm³/mol. The molecule has 26 heavy (non-hydrogen) atoms. The average Bonchev–Trinajstić information content (AvgIpc) is 3.12. The summed E-state index contributed by atoms with van der Waals surface area (Å²) in [6.07, 6.45) is 2.87. The van der Waals surface area contributed by atoms with E-state index in [0.717, 1.165) is 24.1 Å². The fourth-order valence-corrected chi connectivity index (χ4v) is 6.00. The van der Waals surface area contributed by atoms with Crippen molar-refractivity contribution in [1.29, 1.82) is 0 Å². The highest BCUT2D eigenvalue weighted by molar-refractivity contribution is 7.91. The quantitative estimate of drug-likeness (QED) is 0.770. The number of benzene rings is 1. The zero-order valence-corrected chi connectivity index (χ0v) is 17.0. The van der Waals surface area contributed by atoms with Crippen molar-refractivity contribution in [3.8, 4) is 0 Å². The van der Waals surface area contributed by atoms with Crippen molar-refractivity contribution >= 4 is 50.5 Å². The summed E-state index contributed by atoms with van der Waals surface area (Å²) in [5.41, 5.74) is 0.400. The van der Waals surface area contributed by atoms with Gasteiger partial charge in [0.2, 0.25) is 0 Å². The van der Waals surface area contributed by atoms with Crippen LogP contribution in [-0.2, 0) is 16.6 Å². The highest BCUT2D eigenvalue weighted by Gasteiger charge is 2.27. The molecular formula is C17H18Cl2N2O3S2. The Balaban J connectivity index is 1.64. The Morgan fingerprint density at radius 3 is 2.50 bits per heavy atom. The van der Waals surface area contributed by atoms with Gasteiger partial charge in [-0.15, -0.1) is 11.3 Å². The number of halogens is 2. The number of hydrogen-bond acceptors (Lipinski definition) is 4. The number of carbonyl (C=O) groups is 1. The van der Waals surface area contributed by atoms with E-state index in [-0.39, 0.29) is 12.5 Å². The Morgan fingerprint density at radius 2 is 1.81 bits per heavy atom. The van der Waals surface area contributed by atoms with Gasteiger partial charge in [-0.1, -0.05) is 29.6 Å². The maximum atomic E-state index is 12.7. The molecule has 0 radical (unpaired) electrons. The Kier molecular flexibility index (Phi) is 6.25. The number of hydrogen-bond donors (Lipinski definition) is 1. The number of sulfonamides is 1. The smallest absolute Gasteiger partial charge is 0.252 e. The molecule has 2 aromatic rings. The van der Waals surface area contributed by atoms with Crippen LogP contribution in [0.2, 0.25) is 10.0 Å². The molecule has 0 aliphatic carbocycles. The lowest BCUT2D eigenvalue weighted by Gasteiger charge is -2.25. The summed E-state index contributed by atoms with van der Waals surface area (Å²) < 4.78 is 27.2. The molecule has 140 valence electrons. The highest BCUT2D eigenvalue weighted by Crippen LogP contribution is 2.27. The first-order chi connectivity index (χ1) is 12.4. The summed E-state index contributed by atoms with van der Waals surface area (Å²) >= 11 is 13.0. The van der Waals surface area contributed by atoms with E-state index < -0.39 is 10.0 Å². The van der Waals surface area contributed by atoms with Crippen LogP contribution in [0.15, 0.2) is 34.5 Å². The predicted octanol–water partition coefficient (Wildman–Crippen LogP) is 4.16. The molecule has 0 bridgehead atoms. The van der Waals surface area contributed by atoms with Crippen molar-refractivity contribution in [2.45, 2.75) is 30.0 Å². The van der Waals surface area contributed by atoms with Gasteiger partial charge in [-0.3, -0.25) is 4.79 Å². The minimum Gasteiger partial charge on any atom is -0.347 e. The molecule has 1 aliphatic heterocycles. The van der Waals surface area contributed by atoms with Crippen molar-refractivity contribution in [3.63, 3.8) is 0 Å². The first-order valence-electron chi connectivity index (χ1n) is 8.20. The fourth-order valence-electron chi connectivity index (χ4n) is 2.73. The molecule has 1 amide bonds. The number of nitrogens with one attached hydrogen (secondary N) is 1. The summed E-state index contributed by atoms with van der Waals surface area (Å²) in [5.74, 6) is -0.294. The third-order valence-electron chi connectivity index (χ3n) is 4.15. The first kappa shape index (κ1) is 19.6. The molecule has 1 saturated heterocycles. The van der Waals surface area contributed by atoms with Gasteiger partial charge in [0, 0.05) is 23.5 Å². The number of piperidine rings is 1. The minimum atomic E-state index is -3.44. The molecule has 0 spiro atoms. The van der Waals surface area contributed by atoms with Gasteiger partial charge >= 0.3 is 0 Å². The second kappa shape index (κ2) is 8.27. The number of nitrogens with zero attached hydrogens (tertiary/aromatic N) is 1. The number of thiophene rings is 1. The molecule has 1 N–H and O–H groups in total.